The quantitative estimate of drug-likeness (QED) is 0.579. The van der Waals surface area contributed by atoms with E-state index in [9.17, 15) is 18.0 Å². The van der Waals surface area contributed by atoms with Gasteiger partial charge in [0.15, 0.2) is 11.9 Å². The maximum Gasteiger partial charge on any atom is 0.367 e. The van der Waals surface area contributed by atoms with Gasteiger partial charge in [0.1, 0.15) is 5.75 Å². The van der Waals surface area contributed by atoms with E-state index in [1.54, 1.807) is 0 Å². The van der Waals surface area contributed by atoms with Crippen molar-refractivity contribution < 1.29 is 26.9 Å². The van der Waals surface area contributed by atoms with Gasteiger partial charge in [-0.05, 0) is 6.07 Å². The molecule has 10 nitrogen and oxygen atoms in total. The minimum absolute atomic E-state index is 0.0182. The molecular weight excluding hydrogens is 340 g/mol. The number of hydrogen-bond acceptors (Lipinski definition) is 7. The molecule has 0 aromatic heterocycles. The van der Waals surface area contributed by atoms with E-state index in [0.717, 1.165) is 6.26 Å². The highest BCUT2D eigenvalue weighted by molar-refractivity contribution is 7.86. The summed E-state index contributed by atoms with van der Waals surface area (Å²) in [5, 5.41) is 2.10. The molecule has 2 aliphatic rings. The maximum atomic E-state index is 12.0. The van der Waals surface area contributed by atoms with Crippen molar-refractivity contribution in [2.45, 2.75) is 0 Å². The Labute approximate surface area is 137 Å². The molecule has 24 heavy (non-hydrogen) atoms. The summed E-state index contributed by atoms with van der Waals surface area (Å²) in [6, 6.07) is 3.49. The van der Waals surface area contributed by atoms with E-state index >= 15 is 0 Å². The number of nitrogens with zero attached hydrogens (tertiary/aromatic N) is 2. The van der Waals surface area contributed by atoms with E-state index in [4.69, 9.17) is 8.92 Å². The molecule has 2 heterocycles. The van der Waals surface area contributed by atoms with Gasteiger partial charge in [-0.3, -0.25) is 10.1 Å². The van der Waals surface area contributed by atoms with Crippen LogP contribution in [0.2, 0.25) is 0 Å². The number of amides is 3. The average Bonchev–Trinajstić information content (AvgIpc) is 2.90. The molecule has 0 bridgehead atoms. The molecule has 3 amide bonds. The van der Waals surface area contributed by atoms with Gasteiger partial charge in [0.05, 0.1) is 19.6 Å². The molecule has 1 saturated heterocycles. The molecule has 11 heteroatoms. The van der Waals surface area contributed by atoms with E-state index in [2.05, 4.69) is 15.7 Å². The van der Waals surface area contributed by atoms with E-state index in [1.165, 1.54) is 37.7 Å². The number of benzene rings is 1. The van der Waals surface area contributed by atoms with Crippen LogP contribution in [0.15, 0.2) is 35.6 Å². The lowest BCUT2D eigenvalue weighted by Crippen LogP contribution is -2.71. The first-order valence-electron chi connectivity index (χ1n) is 6.62. The highest BCUT2D eigenvalue weighted by Crippen LogP contribution is 2.38. The Morgan fingerprint density at radius 1 is 1.25 bits per heavy atom. The van der Waals surface area contributed by atoms with Crippen molar-refractivity contribution in [3.63, 3.8) is 0 Å². The standard InChI is InChI=1S/C13H12N4O6S/c1-22-10-7-8(23-24(2,20)21)3-4-9(10)17-6-5-14-11(17)12(18)15-13(19)16-17/h3-7H,1-2H3,(H-,15,16,18,19)/p+1. The van der Waals surface area contributed by atoms with Crippen LogP contribution in [0.3, 0.4) is 0 Å². The Bertz CT molecular complexity index is 907. The Morgan fingerprint density at radius 2 is 2.00 bits per heavy atom. The van der Waals surface area contributed by atoms with Gasteiger partial charge in [0.2, 0.25) is 5.69 Å². The fraction of sp³-hybridized carbons (Fsp3) is 0.154. The molecule has 0 spiro atoms. The summed E-state index contributed by atoms with van der Waals surface area (Å²) >= 11 is 0. The van der Waals surface area contributed by atoms with Gasteiger partial charge < -0.3 is 8.92 Å². The van der Waals surface area contributed by atoms with Crippen LogP contribution in [-0.2, 0) is 14.9 Å². The van der Waals surface area contributed by atoms with Crippen LogP contribution in [-0.4, -0.2) is 39.6 Å². The first kappa shape index (κ1) is 16.0. The molecule has 2 N–H and O–H groups in total. The summed E-state index contributed by atoms with van der Waals surface area (Å²) in [5.74, 6) is -0.400. The predicted molar refractivity (Wildman–Crippen MR) is 83.5 cm³/mol. The molecule has 1 unspecified atom stereocenters. The summed E-state index contributed by atoms with van der Waals surface area (Å²) in [4.78, 5) is 27.8. The number of quaternary nitrogens is 1. The van der Waals surface area contributed by atoms with Crippen molar-refractivity contribution in [2.24, 2.45) is 4.99 Å². The summed E-state index contributed by atoms with van der Waals surface area (Å²) in [6.45, 7) is 0. The number of amidine groups is 1. The fourth-order valence-corrected chi connectivity index (χ4v) is 2.91. The second-order valence-electron chi connectivity index (χ2n) is 4.99. The van der Waals surface area contributed by atoms with Crippen molar-refractivity contribution in [3.8, 4) is 11.5 Å². The van der Waals surface area contributed by atoms with Gasteiger partial charge in [0.25, 0.3) is 0 Å². The fourth-order valence-electron chi connectivity index (χ4n) is 2.45. The van der Waals surface area contributed by atoms with Crippen molar-refractivity contribution in [1.82, 2.24) is 15.3 Å². The third kappa shape index (κ3) is 2.59. The number of fused-ring (bicyclic) bond motifs is 1. The highest BCUT2D eigenvalue weighted by atomic mass is 32.2. The van der Waals surface area contributed by atoms with E-state index < -0.39 is 26.6 Å². The van der Waals surface area contributed by atoms with Gasteiger partial charge in [-0.15, -0.1) is 4.59 Å². The van der Waals surface area contributed by atoms with Crippen LogP contribution in [0.25, 0.3) is 0 Å². The lowest BCUT2D eigenvalue weighted by molar-refractivity contribution is -0.115. The SMILES string of the molecule is COc1cc(OS(C)(=O)=O)ccc1[N+]12C=CN=C1C(=O)NC(=O)N2. The number of rotatable bonds is 4. The largest absolute Gasteiger partial charge is 0.491 e. The second kappa shape index (κ2) is 5.32. The van der Waals surface area contributed by atoms with E-state index in [1.807, 2.05) is 0 Å². The summed E-state index contributed by atoms with van der Waals surface area (Å²) < 4.78 is 32.1. The number of ether oxygens (including phenoxy) is 1. The molecular formula is C13H13N4O6S+. The predicted octanol–water partition coefficient (Wildman–Crippen LogP) is -0.0214. The van der Waals surface area contributed by atoms with Gasteiger partial charge in [-0.2, -0.15) is 18.8 Å². The van der Waals surface area contributed by atoms with Crippen LogP contribution in [0.5, 0.6) is 11.5 Å². The number of hydrogen-bond donors (Lipinski definition) is 2. The first-order chi connectivity index (χ1) is 11.2. The molecule has 3 rings (SSSR count). The molecule has 1 fully saturated rings. The monoisotopic (exact) mass is 353 g/mol. The molecule has 2 aliphatic heterocycles. The molecule has 126 valence electrons. The molecule has 1 aromatic rings. The number of imide groups is 1. The third-order valence-corrected chi connectivity index (χ3v) is 3.80. The van der Waals surface area contributed by atoms with Crippen LogP contribution >= 0.6 is 0 Å². The van der Waals surface area contributed by atoms with Gasteiger partial charge in [-0.25, -0.2) is 4.79 Å². The molecule has 0 radical (unpaired) electrons. The van der Waals surface area contributed by atoms with Gasteiger partial charge in [0, 0.05) is 12.1 Å². The number of methoxy groups -OCH3 is 1. The Hall–Kier alpha value is -2.92. The van der Waals surface area contributed by atoms with Crippen molar-refractivity contribution in [2.75, 3.05) is 13.4 Å². The van der Waals surface area contributed by atoms with Crippen LogP contribution in [0, 0.1) is 0 Å². The number of carbonyl (C=O) groups excluding carboxylic acids is 2. The Morgan fingerprint density at radius 3 is 2.67 bits per heavy atom. The minimum atomic E-state index is -3.71. The van der Waals surface area contributed by atoms with Crippen LogP contribution < -0.4 is 24.3 Å². The Balaban J connectivity index is 2.11. The van der Waals surface area contributed by atoms with Crippen molar-refractivity contribution >= 4 is 33.6 Å². The minimum Gasteiger partial charge on any atom is -0.491 e. The zero-order valence-electron chi connectivity index (χ0n) is 12.6. The first-order valence-corrected chi connectivity index (χ1v) is 8.43. The topological polar surface area (TPSA) is 123 Å². The lowest BCUT2D eigenvalue weighted by atomic mass is 10.2. The second-order valence-corrected chi connectivity index (χ2v) is 6.56. The van der Waals surface area contributed by atoms with Gasteiger partial charge >= 0.3 is 27.9 Å². The zero-order chi connectivity index (χ0) is 17.5. The summed E-state index contributed by atoms with van der Waals surface area (Å²) in [5.41, 5.74) is 2.95. The van der Waals surface area contributed by atoms with Crippen molar-refractivity contribution in [1.29, 1.82) is 0 Å². The third-order valence-electron chi connectivity index (χ3n) is 3.31. The average molecular weight is 353 g/mol. The summed E-state index contributed by atoms with van der Waals surface area (Å²) in [7, 11) is -2.34. The smallest absolute Gasteiger partial charge is 0.367 e. The summed E-state index contributed by atoms with van der Waals surface area (Å²) in [6.07, 6.45) is 3.78. The van der Waals surface area contributed by atoms with E-state index in [0.29, 0.717) is 5.69 Å². The number of carbonyl (C=O) groups is 2. The molecule has 0 aliphatic carbocycles. The Kier molecular flexibility index (Phi) is 3.53. The highest BCUT2D eigenvalue weighted by Gasteiger charge is 2.51. The number of nitrogens with one attached hydrogen (secondary N) is 2. The number of urea groups is 1. The van der Waals surface area contributed by atoms with E-state index in [-0.39, 0.29) is 17.3 Å². The maximum absolute atomic E-state index is 12.0. The normalized spacial score (nSPS) is 22.3. The lowest BCUT2D eigenvalue weighted by Gasteiger charge is -2.33. The van der Waals surface area contributed by atoms with Gasteiger partial charge in [-0.1, -0.05) is 0 Å². The zero-order valence-corrected chi connectivity index (χ0v) is 13.5. The molecule has 1 aromatic carbocycles. The molecule has 1 atom stereocenters. The molecule has 0 saturated carbocycles. The van der Waals surface area contributed by atoms with Crippen LogP contribution in [0.1, 0.15) is 0 Å². The van der Waals surface area contributed by atoms with Crippen molar-refractivity contribution in [3.05, 3.63) is 30.6 Å². The van der Waals surface area contributed by atoms with Crippen LogP contribution in [0.4, 0.5) is 10.5 Å². The number of aliphatic imine (C=N–C) groups is 1.